The highest BCUT2D eigenvalue weighted by molar-refractivity contribution is 6.03. The molecular weight excluding hydrogens is 238 g/mol. The van der Waals surface area contributed by atoms with Gasteiger partial charge in [-0.2, -0.15) is 0 Å². The number of benzene rings is 1. The van der Waals surface area contributed by atoms with Crippen LogP contribution >= 0.6 is 0 Å². The largest absolute Gasteiger partial charge is 0.369 e. The molecule has 2 N–H and O–H groups in total. The van der Waals surface area contributed by atoms with E-state index >= 15 is 0 Å². The smallest absolute Gasteiger partial charge is 0.246 e. The predicted octanol–water partition coefficient (Wildman–Crippen LogP) is 2.28. The van der Waals surface area contributed by atoms with Crippen LogP contribution in [-0.2, 0) is 4.79 Å². The number of nitrogens with zero attached hydrogens (tertiary/aromatic N) is 1. The van der Waals surface area contributed by atoms with Crippen LogP contribution in [-0.4, -0.2) is 25.0 Å². The molecule has 3 rings (SSSR count). The van der Waals surface area contributed by atoms with Gasteiger partial charge in [0.2, 0.25) is 5.91 Å². The summed E-state index contributed by atoms with van der Waals surface area (Å²) in [7, 11) is 0. The molecule has 1 fully saturated rings. The van der Waals surface area contributed by atoms with Gasteiger partial charge in [0.05, 0.1) is 0 Å². The summed E-state index contributed by atoms with van der Waals surface area (Å²) in [5, 5.41) is 6.21. The summed E-state index contributed by atoms with van der Waals surface area (Å²) in [5.74, 6) is 0.0588. The third kappa shape index (κ3) is 2.21. The van der Waals surface area contributed by atoms with Gasteiger partial charge in [-0.15, -0.1) is 0 Å². The predicted molar refractivity (Wildman–Crippen MR) is 77.5 cm³/mol. The van der Waals surface area contributed by atoms with E-state index < -0.39 is 0 Å². The van der Waals surface area contributed by atoms with Crippen molar-refractivity contribution in [1.82, 2.24) is 5.32 Å². The van der Waals surface area contributed by atoms with Crippen molar-refractivity contribution in [2.75, 3.05) is 23.3 Å². The summed E-state index contributed by atoms with van der Waals surface area (Å²) in [6.45, 7) is 6.02. The van der Waals surface area contributed by atoms with E-state index in [1.165, 1.54) is 18.5 Å². The van der Waals surface area contributed by atoms with Gasteiger partial charge in [0.25, 0.3) is 0 Å². The van der Waals surface area contributed by atoms with Crippen molar-refractivity contribution in [2.45, 2.75) is 38.8 Å². The SMILES string of the molecule is CCNC1C(=O)Nc2cc(N(CC)C3CC3)ccc21. The van der Waals surface area contributed by atoms with Crippen LogP contribution in [0, 0.1) is 0 Å². The molecule has 0 bridgehead atoms. The second-order valence-corrected chi connectivity index (χ2v) is 5.27. The molecule has 1 aliphatic heterocycles. The van der Waals surface area contributed by atoms with Gasteiger partial charge in [-0.25, -0.2) is 0 Å². The number of nitrogens with one attached hydrogen (secondary N) is 2. The maximum atomic E-state index is 11.9. The van der Waals surface area contributed by atoms with Crippen LogP contribution in [0.1, 0.15) is 38.3 Å². The molecule has 1 aliphatic carbocycles. The summed E-state index contributed by atoms with van der Waals surface area (Å²) in [6.07, 6.45) is 2.58. The lowest BCUT2D eigenvalue weighted by molar-refractivity contribution is -0.117. The van der Waals surface area contributed by atoms with Gasteiger partial charge in [-0.1, -0.05) is 13.0 Å². The van der Waals surface area contributed by atoms with E-state index in [1.54, 1.807) is 0 Å². The van der Waals surface area contributed by atoms with Crippen molar-refractivity contribution in [1.29, 1.82) is 0 Å². The van der Waals surface area contributed by atoms with E-state index in [2.05, 4.69) is 40.7 Å². The average Bonchev–Trinajstić information content (AvgIpc) is 3.17. The fourth-order valence-electron chi connectivity index (χ4n) is 2.87. The molecule has 1 aromatic carbocycles. The van der Waals surface area contributed by atoms with Crippen LogP contribution in [0.4, 0.5) is 11.4 Å². The summed E-state index contributed by atoms with van der Waals surface area (Å²) in [5.41, 5.74) is 3.26. The van der Waals surface area contributed by atoms with E-state index in [1.807, 2.05) is 6.92 Å². The highest BCUT2D eigenvalue weighted by Gasteiger charge is 2.32. The van der Waals surface area contributed by atoms with Gasteiger partial charge in [0, 0.05) is 29.5 Å². The molecule has 1 unspecified atom stereocenters. The third-order valence-electron chi connectivity index (χ3n) is 3.94. The Hall–Kier alpha value is -1.55. The van der Waals surface area contributed by atoms with Gasteiger partial charge in [0.15, 0.2) is 0 Å². The number of hydrogen-bond donors (Lipinski definition) is 2. The van der Waals surface area contributed by atoms with Crippen molar-refractivity contribution < 1.29 is 4.79 Å². The molecule has 1 aromatic rings. The zero-order valence-electron chi connectivity index (χ0n) is 11.6. The first-order chi connectivity index (χ1) is 9.24. The number of carbonyl (C=O) groups excluding carboxylic acids is 1. The maximum Gasteiger partial charge on any atom is 0.246 e. The Bertz CT molecular complexity index is 496. The molecule has 1 atom stereocenters. The number of hydrogen-bond acceptors (Lipinski definition) is 3. The maximum absolute atomic E-state index is 11.9. The van der Waals surface area contributed by atoms with E-state index in [4.69, 9.17) is 0 Å². The van der Waals surface area contributed by atoms with E-state index in [0.29, 0.717) is 6.04 Å². The second kappa shape index (κ2) is 4.85. The van der Waals surface area contributed by atoms with E-state index in [-0.39, 0.29) is 11.9 Å². The zero-order chi connectivity index (χ0) is 13.4. The molecule has 0 radical (unpaired) electrons. The summed E-state index contributed by atoms with van der Waals surface area (Å²) in [4.78, 5) is 14.4. The number of amides is 1. The first-order valence-corrected chi connectivity index (χ1v) is 7.19. The van der Waals surface area contributed by atoms with Gasteiger partial charge in [0.1, 0.15) is 6.04 Å². The lowest BCUT2D eigenvalue weighted by atomic mass is 10.1. The van der Waals surface area contributed by atoms with Crippen LogP contribution in [0.2, 0.25) is 0 Å². The minimum absolute atomic E-state index is 0.0588. The molecule has 0 saturated heterocycles. The van der Waals surface area contributed by atoms with Crippen molar-refractivity contribution in [3.8, 4) is 0 Å². The van der Waals surface area contributed by atoms with E-state index in [0.717, 1.165) is 24.3 Å². The van der Waals surface area contributed by atoms with Crippen LogP contribution < -0.4 is 15.5 Å². The minimum Gasteiger partial charge on any atom is -0.369 e. The summed E-state index contributed by atoms with van der Waals surface area (Å²) < 4.78 is 0. The number of rotatable bonds is 5. The van der Waals surface area contributed by atoms with Crippen molar-refractivity contribution in [3.05, 3.63) is 23.8 Å². The Kier molecular flexibility index (Phi) is 3.19. The lowest BCUT2D eigenvalue weighted by Gasteiger charge is -2.23. The standard InChI is InChI=1S/C15H21N3O/c1-3-16-14-12-8-7-11(9-13(12)17-15(14)19)18(4-2)10-5-6-10/h7-10,14,16H,3-6H2,1-2H3,(H,17,19). The number of anilines is 2. The number of likely N-dealkylation sites (N-methyl/N-ethyl adjacent to an activating group) is 1. The van der Waals surface area contributed by atoms with E-state index in [9.17, 15) is 4.79 Å². The summed E-state index contributed by atoms with van der Waals surface area (Å²) >= 11 is 0. The van der Waals surface area contributed by atoms with Crippen LogP contribution in [0.5, 0.6) is 0 Å². The van der Waals surface area contributed by atoms with Gasteiger partial charge >= 0.3 is 0 Å². The van der Waals surface area contributed by atoms with Crippen molar-refractivity contribution in [2.24, 2.45) is 0 Å². The molecule has 1 saturated carbocycles. The molecule has 4 heteroatoms. The van der Waals surface area contributed by atoms with Gasteiger partial charge in [-0.3, -0.25) is 4.79 Å². The highest BCUT2D eigenvalue weighted by atomic mass is 16.2. The van der Waals surface area contributed by atoms with Crippen LogP contribution in [0.25, 0.3) is 0 Å². The van der Waals surface area contributed by atoms with Crippen LogP contribution in [0.15, 0.2) is 18.2 Å². The molecular formula is C15H21N3O. The van der Waals surface area contributed by atoms with Gasteiger partial charge in [-0.05, 0) is 38.4 Å². The first kappa shape index (κ1) is 12.5. The molecule has 2 aliphatic rings. The molecule has 1 amide bonds. The third-order valence-corrected chi connectivity index (χ3v) is 3.94. The molecule has 0 aromatic heterocycles. The Balaban J connectivity index is 1.88. The lowest BCUT2D eigenvalue weighted by Crippen LogP contribution is -2.27. The number of fused-ring (bicyclic) bond motifs is 1. The van der Waals surface area contributed by atoms with Crippen LogP contribution in [0.3, 0.4) is 0 Å². The first-order valence-electron chi connectivity index (χ1n) is 7.19. The topological polar surface area (TPSA) is 44.4 Å². The average molecular weight is 259 g/mol. The van der Waals surface area contributed by atoms with Crippen molar-refractivity contribution in [3.63, 3.8) is 0 Å². The van der Waals surface area contributed by atoms with Crippen molar-refractivity contribution >= 4 is 17.3 Å². The second-order valence-electron chi connectivity index (χ2n) is 5.27. The normalized spacial score (nSPS) is 21.2. The van der Waals surface area contributed by atoms with Gasteiger partial charge < -0.3 is 15.5 Å². The monoisotopic (exact) mass is 259 g/mol. The highest BCUT2D eigenvalue weighted by Crippen LogP contribution is 2.37. The Morgan fingerprint density at radius 3 is 2.79 bits per heavy atom. The molecule has 19 heavy (non-hydrogen) atoms. The minimum atomic E-state index is -0.190. The quantitative estimate of drug-likeness (QED) is 0.852. The summed E-state index contributed by atoms with van der Waals surface area (Å²) in [6, 6.07) is 6.85. The fourth-order valence-corrected chi connectivity index (χ4v) is 2.87. The Labute approximate surface area is 114 Å². The molecule has 0 spiro atoms. The fraction of sp³-hybridized carbons (Fsp3) is 0.533. The number of carbonyl (C=O) groups is 1. The molecule has 4 nitrogen and oxygen atoms in total. The molecule has 102 valence electrons. The zero-order valence-corrected chi connectivity index (χ0v) is 11.6. The molecule has 1 heterocycles. The Morgan fingerprint density at radius 2 is 2.16 bits per heavy atom. The Morgan fingerprint density at radius 1 is 1.37 bits per heavy atom.